The highest BCUT2D eigenvalue weighted by Crippen LogP contribution is 2.23. The SMILES string of the molecule is CCOC(=O)N1CCC(NC(=NC)NCc2ccnc(OC3CCCC3)c2)CC1. The van der Waals surface area contributed by atoms with Crippen LogP contribution in [0.5, 0.6) is 5.88 Å². The summed E-state index contributed by atoms with van der Waals surface area (Å²) in [5, 5.41) is 6.81. The first-order valence-corrected chi connectivity index (χ1v) is 10.7. The van der Waals surface area contributed by atoms with Gasteiger partial charge in [-0.3, -0.25) is 4.99 Å². The molecule has 0 bridgehead atoms. The van der Waals surface area contributed by atoms with Gasteiger partial charge in [0.2, 0.25) is 5.88 Å². The fraction of sp³-hybridized carbons (Fsp3) is 0.667. The summed E-state index contributed by atoms with van der Waals surface area (Å²) in [5.41, 5.74) is 1.10. The number of hydrogen-bond acceptors (Lipinski definition) is 5. The van der Waals surface area contributed by atoms with Crippen LogP contribution < -0.4 is 15.4 Å². The number of amides is 1. The van der Waals surface area contributed by atoms with Crippen LogP contribution in [0.1, 0.15) is 51.0 Å². The maximum atomic E-state index is 11.8. The molecule has 8 nitrogen and oxygen atoms in total. The van der Waals surface area contributed by atoms with Gasteiger partial charge in [-0.25, -0.2) is 9.78 Å². The van der Waals surface area contributed by atoms with Gasteiger partial charge in [-0.1, -0.05) is 0 Å². The Bertz CT molecular complexity index is 683. The molecule has 0 radical (unpaired) electrons. The molecule has 2 N–H and O–H groups in total. The van der Waals surface area contributed by atoms with Crippen LogP contribution in [0.2, 0.25) is 0 Å². The molecule has 1 aromatic heterocycles. The van der Waals surface area contributed by atoms with E-state index in [0.29, 0.717) is 38.2 Å². The van der Waals surface area contributed by atoms with E-state index < -0.39 is 0 Å². The topological polar surface area (TPSA) is 88.1 Å². The third kappa shape index (κ3) is 6.51. The van der Waals surface area contributed by atoms with Crippen LogP contribution in [-0.4, -0.2) is 60.8 Å². The van der Waals surface area contributed by atoms with E-state index in [-0.39, 0.29) is 12.1 Å². The van der Waals surface area contributed by atoms with Gasteiger partial charge in [-0.15, -0.1) is 0 Å². The predicted molar refractivity (Wildman–Crippen MR) is 112 cm³/mol. The van der Waals surface area contributed by atoms with E-state index in [9.17, 15) is 4.79 Å². The third-order valence-corrected chi connectivity index (χ3v) is 5.43. The lowest BCUT2D eigenvalue weighted by Gasteiger charge is -2.32. The van der Waals surface area contributed by atoms with E-state index in [1.807, 2.05) is 19.1 Å². The zero-order valence-electron chi connectivity index (χ0n) is 17.5. The number of hydrogen-bond donors (Lipinski definition) is 2. The van der Waals surface area contributed by atoms with Crippen LogP contribution in [0.15, 0.2) is 23.3 Å². The second kappa shape index (κ2) is 10.9. The molecule has 3 rings (SSSR count). The van der Waals surface area contributed by atoms with E-state index in [0.717, 1.165) is 37.2 Å². The average Bonchev–Trinajstić information content (AvgIpc) is 3.25. The Balaban J connectivity index is 1.43. The number of guanidine groups is 1. The molecule has 2 fully saturated rings. The van der Waals surface area contributed by atoms with Crippen molar-refractivity contribution in [2.45, 2.75) is 64.1 Å². The van der Waals surface area contributed by atoms with Crippen molar-refractivity contribution in [3.8, 4) is 5.88 Å². The molecule has 1 aliphatic heterocycles. The van der Waals surface area contributed by atoms with Gasteiger partial charge in [0.25, 0.3) is 0 Å². The highest BCUT2D eigenvalue weighted by molar-refractivity contribution is 5.80. The largest absolute Gasteiger partial charge is 0.474 e. The van der Waals surface area contributed by atoms with Gasteiger partial charge < -0.3 is 25.0 Å². The summed E-state index contributed by atoms with van der Waals surface area (Å²) in [6, 6.07) is 4.27. The molecule has 1 saturated heterocycles. The molecule has 1 aliphatic carbocycles. The molecular weight excluding hydrogens is 370 g/mol. The number of piperidine rings is 1. The van der Waals surface area contributed by atoms with Crippen molar-refractivity contribution in [3.05, 3.63) is 23.9 Å². The lowest BCUT2D eigenvalue weighted by molar-refractivity contribution is 0.0963. The molecule has 0 aromatic carbocycles. The fourth-order valence-corrected chi connectivity index (χ4v) is 3.80. The molecule has 1 amide bonds. The number of nitrogens with zero attached hydrogens (tertiary/aromatic N) is 3. The Morgan fingerprint density at radius 2 is 2.03 bits per heavy atom. The van der Waals surface area contributed by atoms with Crippen molar-refractivity contribution < 1.29 is 14.3 Å². The maximum absolute atomic E-state index is 11.8. The van der Waals surface area contributed by atoms with Crippen LogP contribution >= 0.6 is 0 Å². The van der Waals surface area contributed by atoms with Gasteiger partial charge >= 0.3 is 6.09 Å². The standard InChI is InChI=1S/C21H33N5O3/c1-3-28-21(27)26-12-9-17(10-13-26)25-20(22-2)24-15-16-8-11-23-19(14-16)29-18-6-4-5-7-18/h8,11,14,17-18H,3-7,9-10,12-13,15H2,1-2H3,(H2,22,24,25). The predicted octanol–water partition coefficient (Wildman–Crippen LogP) is 2.69. The second-order valence-electron chi connectivity index (χ2n) is 7.56. The average molecular weight is 404 g/mol. The number of pyridine rings is 1. The number of likely N-dealkylation sites (tertiary alicyclic amines) is 1. The summed E-state index contributed by atoms with van der Waals surface area (Å²) in [5.74, 6) is 1.46. The minimum absolute atomic E-state index is 0.221. The van der Waals surface area contributed by atoms with Gasteiger partial charge in [-0.05, 0) is 57.1 Å². The number of ether oxygens (including phenoxy) is 2. The Labute approximate surface area is 173 Å². The monoisotopic (exact) mass is 403 g/mol. The van der Waals surface area contributed by atoms with Crippen LogP contribution in [0.4, 0.5) is 4.79 Å². The van der Waals surface area contributed by atoms with Crippen molar-refractivity contribution in [2.75, 3.05) is 26.7 Å². The Morgan fingerprint density at radius 1 is 1.28 bits per heavy atom. The minimum Gasteiger partial charge on any atom is -0.474 e. The normalized spacial score (nSPS) is 18.6. The molecule has 0 spiro atoms. The molecule has 1 saturated carbocycles. The number of carbonyl (C=O) groups excluding carboxylic acids is 1. The summed E-state index contributed by atoms with van der Waals surface area (Å²) in [6.45, 7) is 4.27. The zero-order chi connectivity index (χ0) is 20.5. The van der Waals surface area contributed by atoms with Crippen molar-refractivity contribution >= 4 is 12.1 Å². The van der Waals surface area contributed by atoms with Crippen LogP contribution in [0.3, 0.4) is 0 Å². The van der Waals surface area contributed by atoms with Crippen molar-refractivity contribution in [1.82, 2.24) is 20.5 Å². The van der Waals surface area contributed by atoms with E-state index >= 15 is 0 Å². The van der Waals surface area contributed by atoms with Gasteiger partial charge in [0.15, 0.2) is 5.96 Å². The summed E-state index contributed by atoms with van der Waals surface area (Å²) >= 11 is 0. The minimum atomic E-state index is -0.221. The summed E-state index contributed by atoms with van der Waals surface area (Å²) in [6.07, 6.45) is 8.35. The number of nitrogens with one attached hydrogen (secondary N) is 2. The first-order chi connectivity index (χ1) is 14.2. The molecule has 0 unspecified atom stereocenters. The van der Waals surface area contributed by atoms with Crippen LogP contribution in [0.25, 0.3) is 0 Å². The summed E-state index contributed by atoms with van der Waals surface area (Å²) < 4.78 is 11.1. The van der Waals surface area contributed by atoms with Crippen LogP contribution in [-0.2, 0) is 11.3 Å². The van der Waals surface area contributed by atoms with Crippen molar-refractivity contribution in [3.63, 3.8) is 0 Å². The number of rotatable bonds is 6. The lowest BCUT2D eigenvalue weighted by atomic mass is 10.1. The van der Waals surface area contributed by atoms with Gasteiger partial charge in [0.1, 0.15) is 6.10 Å². The highest BCUT2D eigenvalue weighted by atomic mass is 16.6. The first kappa shape index (κ1) is 21.2. The summed E-state index contributed by atoms with van der Waals surface area (Å²) in [4.78, 5) is 22.2. The van der Waals surface area contributed by atoms with E-state index in [2.05, 4.69) is 20.6 Å². The van der Waals surface area contributed by atoms with Gasteiger partial charge in [-0.2, -0.15) is 0 Å². The zero-order valence-corrected chi connectivity index (χ0v) is 17.5. The quantitative estimate of drug-likeness (QED) is 0.561. The fourth-order valence-electron chi connectivity index (χ4n) is 3.80. The highest BCUT2D eigenvalue weighted by Gasteiger charge is 2.24. The molecular formula is C21H33N5O3. The van der Waals surface area contributed by atoms with E-state index in [1.165, 1.54) is 12.8 Å². The van der Waals surface area contributed by atoms with Crippen molar-refractivity contribution in [1.29, 1.82) is 0 Å². The van der Waals surface area contributed by atoms with Crippen molar-refractivity contribution in [2.24, 2.45) is 4.99 Å². The van der Waals surface area contributed by atoms with Gasteiger partial charge in [0.05, 0.1) is 6.61 Å². The summed E-state index contributed by atoms with van der Waals surface area (Å²) in [7, 11) is 1.77. The lowest BCUT2D eigenvalue weighted by Crippen LogP contribution is -2.49. The number of carbonyl (C=O) groups is 1. The van der Waals surface area contributed by atoms with Gasteiger partial charge in [0, 0.05) is 45.0 Å². The van der Waals surface area contributed by atoms with E-state index in [1.54, 1.807) is 18.1 Å². The Morgan fingerprint density at radius 3 is 2.72 bits per heavy atom. The second-order valence-corrected chi connectivity index (χ2v) is 7.56. The smallest absolute Gasteiger partial charge is 0.409 e. The molecule has 2 aliphatic rings. The Hall–Kier alpha value is -2.51. The number of aliphatic imine (C=N–C) groups is 1. The van der Waals surface area contributed by atoms with E-state index in [4.69, 9.17) is 9.47 Å². The Kier molecular flexibility index (Phi) is 7.95. The number of aromatic nitrogens is 1. The van der Waals surface area contributed by atoms with Crippen LogP contribution in [0, 0.1) is 0 Å². The molecule has 2 heterocycles. The molecule has 1 aromatic rings. The molecule has 29 heavy (non-hydrogen) atoms. The molecule has 0 atom stereocenters. The molecule has 8 heteroatoms. The maximum Gasteiger partial charge on any atom is 0.409 e. The molecule has 160 valence electrons. The third-order valence-electron chi connectivity index (χ3n) is 5.43. The first-order valence-electron chi connectivity index (χ1n) is 10.7.